The molecule has 1 fully saturated rings. The average molecular weight is 459 g/mol. The van der Waals surface area contributed by atoms with Crippen molar-refractivity contribution in [1.82, 2.24) is 14.5 Å². The van der Waals surface area contributed by atoms with E-state index in [9.17, 15) is 13.2 Å². The fourth-order valence-electron chi connectivity index (χ4n) is 4.30. The van der Waals surface area contributed by atoms with Gasteiger partial charge in [0.25, 0.3) is 6.43 Å². The van der Waals surface area contributed by atoms with E-state index in [1.165, 1.54) is 12.1 Å². The van der Waals surface area contributed by atoms with Crippen molar-refractivity contribution in [3.05, 3.63) is 52.5 Å². The van der Waals surface area contributed by atoms with Crippen LogP contribution in [0.15, 0.2) is 29.3 Å². The molecule has 1 N–H and O–H groups in total. The number of benzene rings is 1. The molecule has 2 atom stereocenters. The van der Waals surface area contributed by atoms with Gasteiger partial charge in [-0.05, 0) is 19.9 Å². The van der Waals surface area contributed by atoms with E-state index in [1.807, 2.05) is 10.6 Å². The van der Waals surface area contributed by atoms with Crippen LogP contribution in [0.2, 0.25) is 0 Å². The number of anilines is 1. The Balaban J connectivity index is 1.63. The van der Waals surface area contributed by atoms with Crippen LogP contribution in [0.5, 0.6) is 5.75 Å². The standard InChI is InChI=1S/C23H24F3N5O2/c1-12(15-4-3-5-16(19(15)24)20(25)26)28-21-17-10-18(33-14-6-9-32-11-14)23-27-7-8-31(23)22(17)30-13(2)29-21/h3-5,10,12,14,20,27H,6-9,11H2,1-2H3/t12?,14-/m0/s1. The second-order valence-corrected chi connectivity index (χ2v) is 8.23. The maximum absolute atomic E-state index is 14.7. The highest BCUT2D eigenvalue weighted by Gasteiger charge is 2.27. The number of ether oxygens (including phenoxy) is 2. The van der Waals surface area contributed by atoms with Crippen molar-refractivity contribution in [2.75, 3.05) is 25.1 Å². The first-order valence-corrected chi connectivity index (χ1v) is 10.9. The number of hydrogen-bond acceptors (Lipinski definition) is 6. The van der Waals surface area contributed by atoms with Crippen molar-refractivity contribution >= 4 is 5.82 Å². The first kappa shape index (κ1) is 21.7. The molecule has 1 unspecified atom stereocenters. The molecule has 0 spiro atoms. The molecule has 4 aliphatic heterocycles. The zero-order valence-electron chi connectivity index (χ0n) is 18.3. The number of nitrogens with zero attached hydrogens (tertiary/aromatic N) is 4. The minimum atomic E-state index is -2.90. The van der Waals surface area contributed by atoms with Gasteiger partial charge in [-0.3, -0.25) is 4.99 Å². The fraction of sp³-hybridized carbons (Fsp3) is 0.435. The largest absolute Gasteiger partial charge is 0.484 e. The highest BCUT2D eigenvalue weighted by atomic mass is 19.3. The third-order valence-corrected chi connectivity index (χ3v) is 5.92. The summed E-state index contributed by atoms with van der Waals surface area (Å²) in [6.45, 7) is 6.03. The SMILES string of the molecule is Cc1nc2n3c(c(O[C@H]4CCOC4)cc-2c(=NC(C)c2cccc(C(F)F)c2F)n1)NCC3. The Morgan fingerprint density at radius 3 is 2.85 bits per heavy atom. The van der Waals surface area contributed by atoms with E-state index in [2.05, 4.69) is 20.3 Å². The molecule has 33 heavy (non-hydrogen) atoms. The molecule has 1 aromatic carbocycles. The minimum Gasteiger partial charge on any atom is -0.484 e. The maximum atomic E-state index is 14.7. The van der Waals surface area contributed by atoms with Crippen molar-refractivity contribution in [2.24, 2.45) is 4.99 Å². The van der Waals surface area contributed by atoms with Crippen LogP contribution in [-0.4, -0.2) is 40.4 Å². The van der Waals surface area contributed by atoms with Gasteiger partial charge >= 0.3 is 0 Å². The van der Waals surface area contributed by atoms with Crippen molar-refractivity contribution in [1.29, 1.82) is 0 Å². The normalized spacial score (nSPS) is 19.2. The van der Waals surface area contributed by atoms with Gasteiger partial charge in [0.05, 0.1) is 30.4 Å². The summed E-state index contributed by atoms with van der Waals surface area (Å²) < 4.78 is 54.7. The van der Waals surface area contributed by atoms with E-state index in [0.29, 0.717) is 48.2 Å². The molecule has 0 radical (unpaired) electrons. The van der Waals surface area contributed by atoms with Gasteiger partial charge in [-0.15, -0.1) is 0 Å². The summed E-state index contributed by atoms with van der Waals surface area (Å²) in [4.78, 5) is 13.7. The third-order valence-electron chi connectivity index (χ3n) is 5.92. The highest BCUT2D eigenvalue weighted by molar-refractivity contribution is 5.68. The number of fused-ring (bicyclic) bond motifs is 3. The topological polar surface area (TPSA) is 73.6 Å². The zero-order valence-corrected chi connectivity index (χ0v) is 18.3. The first-order valence-electron chi connectivity index (χ1n) is 10.9. The number of nitrogens with one attached hydrogen (secondary N) is 1. The summed E-state index contributed by atoms with van der Waals surface area (Å²) in [5.41, 5.74) is 0.472. The summed E-state index contributed by atoms with van der Waals surface area (Å²) in [6, 6.07) is 5.08. The van der Waals surface area contributed by atoms with Gasteiger partial charge in [-0.2, -0.15) is 0 Å². The van der Waals surface area contributed by atoms with Crippen molar-refractivity contribution < 1.29 is 22.6 Å². The van der Waals surface area contributed by atoms with Crippen molar-refractivity contribution in [2.45, 2.75) is 45.4 Å². The fourth-order valence-corrected chi connectivity index (χ4v) is 4.30. The molecule has 1 saturated heterocycles. The lowest BCUT2D eigenvalue weighted by Crippen LogP contribution is -2.22. The summed E-state index contributed by atoms with van der Waals surface area (Å²) >= 11 is 0. The monoisotopic (exact) mass is 459 g/mol. The van der Waals surface area contributed by atoms with Crippen molar-refractivity contribution in [3.8, 4) is 17.1 Å². The number of aromatic nitrogens is 3. The zero-order chi connectivity index (χ0) is 23.1. The van der Waals surface area contributed by atoms with E-state index in [0.717, 1.165) is 24.8 Å². The van der Waals surface area contributed by atoms with Gasteiger partial charge in [0.1, 0.15) is 23.6 Å². The van der Waals surface area contributed by atoms with E-state index in [1.54, 1.807) is 13.8 Å². The lowest BCUT2D eigenvalue weighted by molar-refractivity contribution is 0.141. The number of alkyl halides is 2. The van der Waals surface area contributed by atoms with Gasteiger partial charge < -0.3 is 19.4 Å². The Kier molecular flexibility index (Phi) is 5.69. The molecule has 0 aliphatic carbocycles. The van der Waals surface area contributed by atoms with Gasteiger partial charge in [0.2, 0.25) is 0 Å². The minimum absolute atomic E-state index is 0.0496. The molecular formula is C23H24F3N5O2. The molecule has 0 amide bonds. The predicted molar refractivity (Wildman–Crippen MR) is 115 cm³/mol. The molecule has 4 heterocycles. The van der Waals surface area contributed by atoms with Crippen LogP contribution >= 0.6 is 0 Å². The van der Waals surface area contributed by atoms with E-state index in [4.69, 9.17) is 9.47 Å². The molecule has 4 aliphatic rings. The molecule has 7 nitrogen and oxygen atoms in total. The molecule has 0 bridgehead atoms. The molecular weight excluding hydrogens is 435 g/mol. The van der Waals surface area contributed by atoms with Crippen LogP contribution < -0.4 is 15.5 Å². The molecule has 174 valence electrons. The van der Waals surface area contributed by atoms with Crippen LogP contribution in [-0.2, 0) is 11.3 Å². The Morgan fingerprint density at radius 2 is 2.09 bits per heavy atom. The Labute approximate surface area is 188 Å². The number of hydrogen-bond donors (Lipinski definition) is 1. The van der Waals surface area contributed by atoms with Crippen LogP contribution in [0.4, 0.5) is 19.0 Å². The lowest BCUT2D eigenvalue weighted by atomic mass is 10.0. The molecule has 5 rings (SSSR count). The van der Waals surface area contributed by atoms with Crippen LogP contribution in [0.1, 0.15) is 42.8 Å². The van der Waals surface area contributed by atoms with E-state index in [-0.39, 0.29) is 11.7 Å². The lowest BCUT2D eigenvalue weighted by Gasteiger charge is -2.20. The summed E-state index contributed by atoms with van der Waals surface area (Å²) in [7, 11) is 0. The second-order valence-electron chi connectivity index (χ2n) is 8.23. The van der Waals surface area contributed by atoms with Gasteiger partial charge in [0, 0.05) is 25.1 Å². The number of aryl methyl sites for hydroxylation is 1. The molecule has 10 heteroatoms. The van der Waals surface area contributed by atoms with E-state index < -0.39 is 23.8 Å². The number of rotatable bonds is 5. The number of halogens is 3. The Bertz CT molecular complexity index is 1220. The highest BCUT2D eigenvalue weighted by Crippen LogP contribution is 2.36. The van der Waals surface area contributed by atoms with Crippen LogP contribution in [0.3, 0.4) is 0 Å². The maximum Gasteiger partial charge on any atom is 0.266 e. The third kappa shape index (κ3) is 4.03. The second kappa shape index (κ2) is 8.66. The average Bonchev–Trinajstić information content (AvgIpc) is 3.46. The predicted octanol–water partition coefficient (Wildman–Crippen LogP) is 4.02. The van der Waals surface area contributed by atoms with Crippen LogP contribution in [0.25, 0.3) is 11.4 Å². The first-order chi connectivity index (χ1) is 15.9. The summed E-state index contributed by atoms with van der Waals surface area (Å²) in [5, 5.41) is 3.35. The summed E-state index contributed by atoms with van der Waals surface area (Å²) in [5.74, 6) is 1.74. The quantitative estimate of drug-likeness (QED) is 0.624. The van der Waals surface area contributed by atoms with Gasteiger partial charge in [0.15, 0.2) is 17.1 Å². The van der Waals surface area contributed by atoms with Crippen LogP contribution in [0, 0.1) is 12.7 Å². The van der Waals surface area contributed by atoms with Crippen molar-refractivity contribution in [3.63, 3.8) is 0 Å². The molecule has 1 aromatic rings. The summed E-state index contributed by atoms with van der Waals surface area (Å²) in [6.07, 6.45) is -2.15. The number of pyridine rings is 1. The Morgan fingerprint density at radius 1 is 1.27 bits per heavy atom. The molecule has 0 aromatic heterocycles. The van der Waals surface area contributed by atoms with Gasteiger partial charge in [-0.25, -0.2) is 23.1 Å². The Hall–Kier alpha value is -3.14. The van der Waals surface area contributed by atoms with E-state index >= 15 is 0 Å². The molecule has 0 saturated carbocycles. The van der Waals surface area contributed by atoms with Gasteiger partial charge in [-0.1, -0.05) is 18.2 Å². The smallest absolute Gasteiger partial charge is 0.266 e.